The van der Waals surface area contributed by atoms with Gasteiger partial charge in [-0.1, -0.05) is 13.3 Å². The van der Waals surface area contributed by atoms with Crippen molar-refractivity contribution in [2.75, 3.05) is 19.7 Å². The molecule has 1 aliphatic rings. The molecule has 0 amide bonds. The quantitative estimate of drug-likeness (QED) is 0.873. The van der Waals surface area contributed by atoms with Crippen LogP contribution in [-0.2, 0) is 17.7 Å². The Balaban J connectivity index is 1.87. The Labute approximate surface area is 110 Å². The number of hydrogen-bond acceptors (Lipinski definition) is 3. The van der Waals surface area contributed by atoms with E-state index in [1.807, 2.05) is 6.20 Å². The summed E-state index contributed by atoms with van der Waals surface area (Å²) in [6.45, 7) is 10.3. The zero-order chi connectivity index (χ0) is 13.0. The highest BCUT2D eigenvalue weighted by molar-refractivity contribution is 5.02. The Hall–Kier alpha value is -0.870. The van der Waals surface area contributed by atoms with Gasteiger partial charge in [-0.2, -0.15) is 0 Å². The molecule has 1 saturated heterocycles. The van der Waals surface area contributed by atoms with Crippen molar-refractivity contribution in [2.45, 2.75) is 52.2 Å². The molecule has 0 atom stereocenters. The first-order valence-corrected chi connectivity index (χ1v) is 6.98. The maximum absolute atomic E-state index is 5.72. The largest absolute Gasteiger partial charge is 0.373 e. The van der Waals surface area contributed by atoms with Crippen molar-refractivity contribution in [3.8, 4) is 0 Å². The van der Waals surface area contributed by atoms with Crippen molar-refractivity contribution in [3.63, 3.8) is 0 Å². The van der Waals surface area contributed by atoms with Crippen LogP contribution in [0.2, 0.25) is 0 Å². The van der Waals surface area contributed by atoms with Crippen LogP contribution < -0.4 is 0 Å². The Morgan fingerprint density at radius 1 is 1.50 bits per heavy atom. The number of aromatic nitrogens is 2. The molecular formula is C14H25N3O. The summed E-state index contributed by atoms with van der Waals surface area (Å²) in [7, 11) is 0. The van der Waals surface area contributed by atoms with Gasteiger partial charge in [-0.15, -0.1) is 0 Å². The second-order valence-corrected chi connectivity index (χ2v) is 5.78. The van der Waals surface area contributed by atoms with E-state index >= 15 is 0 Å². The fourth-order valence-electron chi connectivity index (χ4n) is 2.45. The van der Waals surface area contributed by atoms with Crippen LogP contribution in [0.25, 0.3) is 0 Å². The maximum Gasteiger partial charge on any atom is 0.106 e. The molecule has 1 aliphatic heterocycles. The van der Waals surface area contributed by atoms with Gasteiger partial charge >= 0.3 is 0 Å². The zero-order valence-corrected chi connectivity index (χ0v) is 11.8. The Bertz CT molecular complexity index is 373. The lowest BCUT2D eigenvalue weighted by molar-refractivity contribution is -0.0885. The van der Waals surface area contributed by atoms with E-state index in [-0.39, 0.29) is 5.60 Å². The fourth-order valence-corrected chi connectivity index (χ4v) is 2.45. The van der Waals surface area contributed by atoms with Crippen LogP contribution in [0, 0.1) is 0 Å². The van der Waals surface area contributed by atoms with Crippen molar-refractivity contribution < 1.29 is 4.74 Å². The van der Waals surface area contributed by atoms with Gasteiger partial charge in [0, 0.05) is 37.9 Å². The molecule has 2 heterocycles. The van der Waals surface area contributed by atoms with Crippen LogP contribution in [-0.4, -0.2) is 40.2 Å². The summed E-state index contributed by atoms with van der Waals surface area (Å²) in [5, 5.41) is 0. The predicted molar refractivity (Wildman–Crippen MR) is 72.5 cm³/mol. The third kappa shape index (κ3) is 3.82. The normalized spacial score (nSPS) is 20.2. The summed E-state index contributed by atoms with van der Waals surface area (Å²) in [6, 6.07) is 0. The minimum absolute atomic E-state index is 0.0245. The number of morpholine rings is 1. The van der Waals surface area contributed by atoms with Gasteiger partial charge in [0.2, 0.25) is 0 Å². The lowest BCUT2D eigenvalue weighted by atomic mass is 10.1. The molecule has 0 aromatic carbocycles. The summed E-state index contributed by atoms with van der Waals surface area (Å²) >= 11 is 0. The van der Waals surface area contributed by atoms with Crippen LogP contribution in [0.4, 0.5) is 0 Å². The van der Waals surface area contributed by atoms with E-state index in [9.17, 15) is 0 Å². The number of H-pyrrole nitrogens is 1. The summed E-state index contributed by atoms with van der Waals surface area (Å²) in [4.78, 5) is 10.3. The second-order valence-electron chi connectivity index (χ2n) is 5.78. The molecule has 0 saturated carbocycles. The maximum atomic E-state index is 5.72. The number of hydrogen-bond donors (Lipinski definition) is 1. The van der Waals surface area contributed by atoms with Gasteiger partial charge < -0.3 is 9.72 Å². The molecule has 0 aliphatic carbocycles. The van der Waals surface area contributed by atoms with Crippen molar-refractivity contribution in [3.05, 3.63) is 17.7 Å². The number of ether oxygens (including phenoxy) is 1. The smallest absolute Gasteiger partial charge is 0.106 e. The zero-order valence-electron chi connectivity index (χ0n) is 11.8. The number of nitrogens with zero attached hydrogens (tertiary/aromatic N) is 2. The highest BCUT2D eigenvalue weighted by Crippen LogP contribution is 2.18. The minimum atomic E-state index is -0.0245. The first kappa shape index (κ1) is 13.6. The lowest BCUT2D eigenvalue weighted by Crippen LogP contribution is -2.47. The van der Waals surface area contributed by atoms with Crippen molar-refractivity contribution in [2.24, 2.45) is 0 Å². The van der Waals surface area contributed by atoms with Gasteiger partial charge in [0.05, 0.1) is 12.2 Å². The van der Waals surface area contributed by atoms with Gasteiger partial charge in [0.1, 0.15) is 5.82 Å². The summed E-state index contributed by atoms with van der Waals surface area (Å²) in [5.74, 6) is 1.12. The summed E-state index contributed by atoms with van der Waals surface area (Å²) < 4.78 is 5.72. The molecule has 4 heteroatoms. The Kier molecular flexibility index (Phi) is 4.40. The third-order valence-electron chi connectivity index (χ3n) is 3.35. The first-order chi connectivity index (χ1) is 8.59. The van der Waals surface area contributed by atoms with E-state index in [1.165, 1.54) is 18.5 Å². The highest BCUT2D eigenvalue weighted by Gasteiger charge is 2.27. The molecule has 1 aromatic rings. The number of aromatic amines is 1. The molecule has 0 spiro atoms. The second kappa shape index (κ2) is 5.85. The highest BCUT2D eigenvalue weighted by atomic mass is 16.5. The van der Waals surface area contributed by atoms with E-state index in [0.29, 0.717) is 0 Å². The van der Waals surface area contributed by atoms with Crippen LogP contribution in [0.15, 0.2) is 6.20 Å². The average molecular weight is 251 g/mol. The fraction of sp³-hybridized carbons (Fsp3) is 0.786. The van der Waals surface area contributed by atoms with E-state index in [1.54, 1.807) is 0 Å². The van der Waals surface area contributed by atoms with E-state index in [0.717, 1.165) is 38.5 Å². The lowest BCUT2D eigenvalue weighted by Gasteiger charge is -2.37. The molecule has 4 nitrogen and oxygen atoms in total. The van der Waals surface area contributed by atoms with Crippen molar-refractivity contribution in [1.82, 2.24) is 14.9 Å². The van der Waals surface area contributed by atoms with Gasteiger partial charge in [-0.25, -0.2) is 4.98 Å². The van der Waals surface area contributed by atoms with Gasteiger partial charge in [-0.05, 0) is 20.3 Å². The molecule has 2 rings (SSSR count). The van der Waals surface area contributed by atoms with Crippen LogP contribution in [0.3, 0.4) is 0 Å². The number of rotatable bonds is 5. The number of imidazole rings is 1. The SMILES string of the molecule is CCCCc1ncc(CN2CCOC(C)(C)C2)[nH]1. The van der Waals surface area contributed by atoms with Gasteiger partial charge in [-0.3, -0.25) is 4.90 Å². The number of nitrogens with one attached hydrogen (secondary N) is 1. The molecule has 0 bridgehead atoms. The minimum Gasteiger partial charge on any atom is -0.373 e. The third-order valence-corrected chi connectivity index (χ3v) is 3.35. The van der Waals surface area contributed by atoms with Gasteiger partial charge in [0.15, 0.2) is 0 Å². The molecular weight excluding hydrogens is 226 g/mol. The number of aryl methyl sites for hydroxylation is 1. The number of unbranched alkanes of at least 4 members (excludes halogenated alkanes) is 1. The monoisotopic (exact) mass is 251 g/mol. The molecule has 1 N–H and O–H groups in total. The van der Waals surface area contributed by atoms with E-state index in [4.69, 9.17) is 4.74 Å². The molecule has 102 valence electrons. The summed E-state index contributed by atoms with van der Waals surface area (Å²) in [5.41, 5.74) is 1.20. The molecule has 1 aromatic heterocycles. The van der Waals surface area contributed by atoms with Crippen LogP contribution in [0.1, 0.15) is 45.1 Å². The summed E-state index contributed by atoms with van der Waals surface area (Å²) in [6.07, 6.45) is 5.46. The van der Waals surface area contributed by atoms with Crippen molar-refractivity contribution in [1.29, 1.82) is 0 Å². The van der Waals surface area contributed by atoms with Gasteiger partial charge in [0.25, 0.3) is 0 Å². The first-order valence-electron chi connectivity index (χ1n) is 6.98. The van der Waals surface area contributed by atoms with Crippen LogP contribution in [0.5, 0.6) is 0 Å². The van der Waals surface area contributed by atoms with Crippen LogP contribution >= 0.6 is 0 Å². The molecule has 1 fully saturated rings. The molecule has 0 unspecified atom stereocenters. The molecule has 18 heavy (non-hydrogen) atoms. The van der Waals surface area contributed by atoms with E-state index < -0.39 is 0 Å². The van der Waals surface area contributed by atoms with Crippen molar-refractivity contribution >= 4 is 0 Å². The predicted octanol–water partition coefficient (Wildman–Crippen LogP) is 2.36. The molecule has 0 radical (unpaired) electrons. The standard InChI is InChI=1S/C14H25N3O/c1-4-5-6-13-15-9-12(16-13)10-17-7-8-18-14(2,3)11-17/h9H,4-8,10-11H2,1-3H3,(H,15,16). The Morgan fingerprint density at radius 3 is 3.06 bits per heavy atom. The average Bonchev–Trinajstić information content (AvgIpc) is 2.73. The topological polar surface area (TPSA) is 41.2 Å². The Morgan fingerprint density at radius 2 is 2.33 bits per heavy atom. The van der Waals surface area contributed by atoms with E-state index in [2.05, 4.69) is 35.6 Å².